The van der Waals surface area contributed by atoms with E-state index in [1.165, 1.54) is 24.4 Å². The number of nitrogens with one attached hydrogen (secondary N) is 2. The third kappa shape index (κ3) is 4.45. The maximum Gasteiger partial charge on any atom is 0.323 e. The molecule has 0 fully saturated rings. The number of amides is 2. The maximum absolute atomic E-state index is 11.7. The maximum atomic E-state index is 11.7. The molecule has 112 valence electrons. The van der Waals surface area contributed by atoms with Gasteiger partial charge in [-0.25, -0.2) is 4.79 Å². The highest BCUT2D eigenvalue weighted by Gasteiger charge is 2.06. The molecule has 0 spiro atoms. The number of nitro benzene ring substituents is 1. The van der Waals surface area contributed by atoms with Crippen LogP contribution < -0.4 is 10.6 Å². The molecule has 2 aromatic rings. The van der Waals surface area contributed by atoms with Gasteiger partial charge in [-0.1, -0.05) is 35.9 Å². The SMILES string of the molecule is Cc1ccc(/C=C/NC(=O)Nc2cccc([N+](=O)[O-])c2)cc1. The number of carbonyl (C=O) groups excluding carboxylic acids is 1. The highest BCUT2D eigenvalue weighted by atomic mass is 16.6. The van der Waals surface area contributed by atoms with Gasteiger partial charge in [0.25, 0.3) is 5.69 Å². The van der Waals surface area contributed by atoms with Crippen LogP contribution in [0.25, 0.3) is 6.08 Å². The van der Waals surface area contributed by atoms with Crippen LogP contribution in [0.4, 0.5) is 16.2 Å². The summed E-state index contributed by atoms with van der Waals surface area (Å²) < 4.78 is 0. The fourth-order valence-electron chi connectivity index (χ4n) is 1.76. The Labute approximate surface area is 127 Å². The van der Waals surface area contributed by atoms with Crippen LogP contribution in [0.15, 0.2) is 54.7 Å². The van der Waals surface area contributed by atoms with Gasteiger partial charge >= 0.3 is 6.03 Å². The molecule has 6 heteroatoms. The van der Waals surface area contributed by atoms with Gasteiger partial charge in [0.05, 0.1) is 4.92 Å². The minimum Gasteiger partial charge on any atom is -0.314 e. The molecule has 0 unspecified atom stereocenters. The zero-order chi connectivity index (χ0) is 15.9. The van der Waals surface area contributed by atoms with Gasteiger partial charge in [-0.15, -0.1) is 0 Å². The van der Waals surface area contributed by atoms with Crippen LogP contribution >= 0.6 is 0 Å². The third-order valence-electron chi connectivity index (χ3n) is 2.88. The Morgan fingerprint density at radius 3 is 2.59 bits per heavy atom. The molecule has 0 aromatic heterocycles. The van der Waals surface area contributed by atoms with Gasteiger partial charge in [0.2, 0.25) is 0 Å². The van der Waals surface area contributed by atoms with E-state index in [1.54, 1.807) is 12.1 Å². The quantitative estimate of drug-likeness (QED) is 0.666. The van der Waals surface area contributed by atoms with Gasteiger partial charge in [-0.3, -0.25) is 10.1 Å². The molecule has 2 amide bonds. The van der Waals surface area contributed by atoms with Crippen molar-refractivity contribution in [1.29, 1.82) is 0 Å². The lowest BCUT2D eigenvalue weighted by Gasteiger charge is -2.04. The van der Waals surface area contributed by atoms with Gasteiger partial charge < -0.3 is 10.6 Å². The van der Waals surface area contributed by atoms with Crippen molar-refractivity contribution in [3.8, 4) is 0 Å². The standard InChI is InChI=1S/C16H15N3O3/c1-12-5-7-13(8-6-12)9-10-17-16(20)18-14-3-2-4-15(11-14)19(21)22/h2-11H,1H3,(H2,17,18,20)/b10-9+. The average molecular weight is 297 g/mol. The Bertz CT molecular complexity index is 709. The van der Waals surface area contributed by atoms with Crippen LogP contribution in [-0.2, 0) is 0 Å². The van der Waals surface area contributed by atoms with Crippen molar-refractivity contribution in [2.75, 3.05) is 5.32 Å². The summed E-state index contributed by atoms with van der Waals surface area (Å²) in [5.41, 5.74) is 2.40. The second-order valence-corrected chi connectivity index (χ2v) is 4.65. The van der Waals surface area contributed by atoms with E-state index in [2.05, 4.69) is 10.6 Å². The van der Waals surface area contributed by atoms with Crippen molar-refractivity contribution in [2.45, 2.75) is 6.92 Å². The number of anilines is 1. The number of benzene rings is 2. The second-order valence-electron chi connectivity index (χ2n) is 4.65. The number of rotatable bonds is 4. The van der Waals surface area contributed by atoms with Crippen LogP contribution in [-0.4, -0.2) is 11.0 Å². The van der Waals surface area contributed by atoms with Crippen molar-refractivity contribution in [3.63, 3.8) is 0 Å². The molecule has 2 N–H and O–H groups in total. The summed E-state index contributed by atoms with van der Waals surface area (Å²) in [6.07, 6.45) is 3.27. The minimum atomic E-state index is -0.514. The zero-order valence-electron chi connectivity index (χ0n) is 11.9. The molecule has 0 atom stereocenters. The normalized spacial score (nSPS) is 10.4. The molecular formula is C16H15N3O3. The van der Waals surface area contributed by atoms with Gasteiger partial charge in [-0.2, -0.15) is 0 Å². The Hall–Kier alpha value is -3.15. The molecule has 0 saturated carbocycles. The molecule has 0 heterocycles. The number of nitro groups is 1. The molecule has 0 aliphatic rings. The molecule has 2 aromatic carbocycles. The average Bonchev–Trinajstić information content (AvgIpc) is 2.49. The van der Waals surface area contributed by atoms with Gasteiger partial charge in [0.1, 0.15) is 0 Å². The van der Waals surface area contributed by atoms with Crippen molar-refractivity contribution in [1.82, 2.24) is 5.32 Å². The number of hydrogen-bond acceptors (Lipinski definition) is 3. The van der Waals surface area contributed by atoms with Crippen LogP contribution in [0.1, 0.15) is 11.1 Å². The molecule has 22 heavy (non-hydrogen) atoms. The Morgan fingerprint density at radius 1 is 1.18 bits per heavy atom. The van der Waals surface area contributed by atoms with Crippen LogP contribution in [0, 0.1) is 17.0 Å². The number of non-ortho nitro benzene ring substituents is 1. The van der Waals surface area contributed by atoms with E-state index in [-0.39, 0.29) is 5.69 Å². The predicted molar refractivity (Wildman–Crippen MR) is 85.5 cm³/mol. The first kappa shape index (κ1) is 15.2. The third-order valence-corrected chi connectivity index (χ3v) is 2.88. The lowest BCUT2D eigenvalue weighted by atomic mass is 10.1. The van der Waals surface area contributed by atoms with Crippen LogP contribution in [0.5, 0.6) is 0 Å². The number of hydrogen-bond donors (Lipinski definition) is 2. The smallest absolute Gasteiger partial charge is 0.314 e. The first-order valence-corrected chi connectivity index (χ1v) is 6.60. The van der Waals surface area contributed by atoms with Gasteiger partial charge in [-0.05, 0) is 24.6 Å². The Balaban J connectivity index is 1.91. The molecule has 0 saturated heterocycles. The van der Waals surface area contributed by atoms with E-state index in [1.807, 2.05) is 31.2 Å². The van der Waals surface area contributed by atoms with E-state index in [0.717, 1.165) is 11.1 Å². The summed E-state index contributed by atoms with van der Waals surface area (Å²) in [6.45, 7) is 2.00. The summed E-state index contributed by atoms with van der Waals surface area (Å²) in [7, 11) is 0. The number of urea groups is 1. The summed E-state index contributed by atoms with van der Waals surface area (Å²) in [6, 6.07) is 13.1. The summed E-state index contributed by atoms with van der Waals surface area (Å²) in [5, 5.41) is 15.7. The summed E-state index contributed by atoms with van der Waals surface area (Å²) >= 11 is 0. The molecule has 0 bridgehead atoms. The van der Waals surface area contributed by atoms with Crippen molar-refractivity contribution < 1.29 is 9.72 Å². The van der Waals surface area contributed by atoms with Crippen molar-refractivity contribution >= 4 is 23.5 Å². The van der Waals surface area contributed by atoms with Crippen LogP contribution in [0.2, 0.25) is 0 Å². The zero-order valence-corrected chi connectivity index (χ0v) is 11.9. The van der Waals surface area contributed by atoms with E-state index < -0.39 is 11.0 Å². The fourth-order valence-corrected chi connectivity index (χ4v) is 1.76. The number of nitrogens with zero attached hydrogens (tertiary/aromatic N) is 1. The summed E-state index contributed by atoms with van der Waals surface area (Å²) in [5.74, 6) is 0. The fraction of sp³-hybridized carbons (Fsp3) is 0.0625. The lowest BCUT2D eigenvalue weighted by Crippen LogP contribution is -2.23. The summed E-state index contributed by atoms with van der Waals surface area (Å²) in [4.78, 5) is 21.8. The molecular weight excluding hydrogens is 282 g/mol. The molecule has 0 aliphatic heterocycles. The van der Waals surface area contributed by atoms with Crippen LogP contribution in [0.3, 0.4) is 0 Å². The van der Waals surface area contributed by atoms with E-state index in [9.17, 15) is 14.9 Å². The second kappa shape index (κ2) is 7.03. The number of aryl methyl sites for hydroxylation is 1. The first-order valence-electron chi connectivity index (χ1n) is 6.60. The minimum absolute atomic E-state index is 0.0759. The number of carbonyl (C=O) groups is 1. The predicted octanol–water partition coefficient (Wildman–Crippen LogP) is 3.70. The Morgan fingerprint density at radius 2 is 1.91 bits per heavy atom. The van der Waals surface area contributed by atoms with E-state index in [0.29, 0.717) is 5.69 Å². The van der Waals surface area contributed by atoms with Crippen molar-refractivity contribution in [3.05, 3.63) is 76.0 Å². The van der Waals surface area contributed by atoms with Crippen molar-refractivity contribution in [2.24, 2.45) is 0 Å². The largest absolute Gasteiger partial charge is 0.323 e. The van der Waals surface area contributed by atoms with E-state index >= 15 is 0 Å². The molecule has 0 radical (unpaired) electrons. The monoisotopic (exact) mass is 297 g/mol. The molecule has 2 rings (SSSR count). The first-order chi connectivity index (χ1) is 10.5. The molecule has 0 aliphatic carbocycles. The highest BCUT2D eigenvalue weighted by Crippen LogP contribution is 2.16. The lowest BCUT2D eigenvalue weighted by molar-refractivity contribution is -0.384. The Kier molecular flexibility index (Phi) is 4.87. The highest BCUT2D eigenvalue weighted by molar-refractivity contribution is 5.90. The van der Waals surface area contributed by atoms with Gasteiger partial charge in [0, 0.05) is 24.0 Å². The van der Waals surface area contributed by atoms with E-state index in [4.69, 9.17) is 0 Å². The van der Waals surface area contributed by atoms with Gasteiger partial charge in [0.15, 0.2) is 0 Å². The topological polar surface area (TPSA) is 84.3 Å². The molecule has 6 nitrogen and oxygen atoms in total.